The number of ether oxygens (including phenoxy) is 2. The van der Waals surface area contributed by atoms with Gasteiger partial charge in [0.05, 0.1) is 12.2 Å². The molecule has 2 atom stereocenters. The Morgan fingerprint density at radius 3 is 2.60 bits per heavy atom. The largest absolute Gasteiger partial charge is 0.377 e. The highest BCUT2D eigenvalue weighted by Crippen LogP contribution is 2.15. The van der Waals surface area contributed by atoms with Crippen molar-refractivity contribution in [2.75, 3.05) is 13.7 Å². The average Bonchev–Trinajstić information content (AvgIpc) is 2.37. The lowest BCUT2D eigenvalue weighted by molar-refractivity contribution is 0.0576. The van der Waals surface area contributed by atoms with E-state index >= 15 is 0 Å². The van der Waals surface area contributed by atoms with Crippen LogP contribution in [0.5, 0.6) is 0 Å². The molecule has 1 aliphatic carbocycles. The van der Waals surface area contributed by atoms with Crippen LogP contribution >= 0.6 is 0 Å². The van der Waals surface area contributed by atoms with Crippen LogP contribution in [0.25, 0.3) is 0 Å². The second kappa shape index (κ2) is 3.74. The molecule has 0 aliphatic heterocycles. The van der Waals surface area contributed by atoms with Crippen molar-refractivity contribution in [3.05, 3.63) is 12.2 Å². The number of hydrogen-bond acceptors (Lipinski definition) is 2. The van der Waals surface area contributed by atoms with Gasteiger partial charge in [0, 0.05) is 20.1 Å². The average molecular weight is 142 g/mol. The first-order valence-electron chi connectivity index (χ1n) is 3.69. The van der Waals surface area contributed by atoms with Crippen LogP contribution in [0.1, 0.15) is 13.3 Å². The highest BCUT2D eigenvalue weighted by atomic mass is 16.5. The molecule has 0 N–H and O–H groups in total. The summed E-state index contributed by atoms with van der Waals surface area (Å²) in [6.45, 7) is 2.79. The van der Waals surface area contributed by atoms with E-state index in [0.717, 1.165) is 13.0 Å². The normalized spacial score (nSPS) is 31.4. The van der Waals surface area contributed by atoms with E-state index in [-0.39, 0.29) is 12.2 Å². The molecule has 0 aromatic rings. The fraction of sp³-hybridized carbons (Fsp3) is 0.750. The summed E-state index contributed by atoms with van der Waals surface area (Å²) in [5.41, 5.74) is 0. The third-order valence-corrected chi connectivity index (χ3v) is 1.69. The summed E-state index contributed by atoms with van der Waals surface area (Å²) < 4.78 is 10.5. The summed E-state index contributed by atoms with van der Waals surface area (Å²) in [5, 5.41) is 0. The molecule has 1 aliphatic rings. The van der Waals surface area contributed by atoms with E-state index in [1.807, 2.05) is 6.92 Å². The maximum absolute atomic E-state index is 5.37. The second-order valence-electron chi connectivity index (χ2n) is 2.39. The van der Waals surface area contributed by atoms with Gasteiger partial charge in [-0.15, -0.1) is 0 Å². The van der Waals surface area contributed by atoms with Gasteiger partial charge in [0.2, 0.25) is 0 Å². The van der Waals surface area contributed by atoms with Crippen LogP contribution in [0.3, 0.4) is 0 Å². The Balaban J connectivity index is 2.24. The first kappa shape index (κ1) is 7.76. The van der Waals surface area contributed by atoms with Gasteiger partial charge in [-0.1, -0.05) is 12.2 Å². The Morgan fingerprint density at radius 2 is 2.10 bits per heavy atom. The highest BCUT2D eigenvalue weighted by molar-refractivity contribution is 5.04. The summed E-state index contributed by atoms with van der Waals surface area (Å²) in [6, 6.07) is 0. The van der Waals surface area contributed by atoms with E-state index in [1.165, 1.54) is 0 Å². The minimum atomic E-state index is 0.275. The van der Waals surface area contributed by atoms with Crippen molar-refractivity contribution in [1.29, 1.82) is 0 Å². The van der Waals surface area contributed by atoms with Gasteiger partial charge in [-0.2, -0.15) is 0 Å². The first-order chi connectivity index (χ1) is 4.86. The summed E-state index contributed by atoms with van der Waals surface area (Å²) >= 11 is 0. The van der Waals surface area contributed by atoms with Crippen molar-refractivity contribution >= 4 is 0 Å². The Hall–Kier alpha value is -0.340. The van der Waals surface area contributed by atoms with Crippen LogP contribution in [-0.4, -0.2) is 25.9 Å². The highest BCUT2D eigenvalue weighted by Gasteiger charge is 2.17. The van der Waals surface area contributed by atoms with E-state index in [9.17, 15) is 0 Å². The van der Waals surface area contributed by atoms with Crippen molar-refractivity contribution in [3.8, 4) is 0 Å². The maximum atomic E-state index is 5.37. The first-order valence-corrected chi connectivity index (χ1v) is 3.69. The Kier molecular flexibility index (Phi) is 2.90. The van der Waals surface area contributed by atoms with Gasteiger partial charge in [0.15, 0.2) is 0 Å². The molecular weight excluding hydrogens is 128 g/mol. The molecule has 2 heteroatoms. The van der Waals surface area contributed by atoms with Gasteiger partial charge in [0.1, 0.15) is 0 Å². The lowest BCUT2D eigenvalue weighted by Crippen LogP contribution is -2.12. The zero-order valence-electron chi connectivity index (χ0n) is 6.54. The van der Waals surface area contributed by atoms with Gasteiger partial charge in [0.25, 0.3) is 0 Å². The quantitative estimate of drug-likeness (QED) is 0.554. The molecule has 58 valence electrons. The van der Waals surface area contributed by atoms with Crippen molar-refractivity contribution in [2.24, 2.45) is 0 Å². The van der Waals surface area contributed by atoms with Gasteiger partial charge in [-0.3, -0.25) is 0 Å². The predicted octanol–water partition coefficient (Wildman–Crippen LogP) is 1.37. The molecule has 0 amide bonds. The molecule has 2 nitrogen and oxygen atoms in total. The molecule has 1 rings (SSSR count). The van der Waals surface area contributed by atoms with Crippen molar-refractivity contribution in [1.82, 2.24) is 0 Å². The zero-order valence-corrected chi connectivity index (χ0v) is 6.54. The van der Waals surface area contributed by atoms with Gasteiger partial charge < -0.3 is 9.47 Å². The standard InChI is InChI=1S/C8H14O2/c1-3-10-8-5-4-7(6-8)9-2/h4-5,7-8H,3,6H2,1-2H3. The molecule has 0 aromatic heterocycles. The van der Waals surface area contributed by atoms with Crippen LogP contribution in [0.15, 0.2) is 12.2 Å². The Labute approximate surface area is 61.8 Å². The lowest BCUT2D eigenvalue weighted by atomic mass is 10.3. The van der Waals surface area contributed by atoms with Crippen LogP contribution in [0.2, 0.25) is 0 Å². The van der Waals surface area contributed by atoms with Gasteiger partial charge in [-0.05, 0) is 6.92 Å². The third-order valence-electron chi connectivity index (χ3n) is 1.69. The van der Waals surface area contributed by atoms with Gasteiger partial charge >= 0.3 is 0 Å². The number of rotatable bonds is 3. The smallest absolute Gasteiger partial charge is 0.0784 e. The fourth-order valence-corrected chi connectivity index (χ4v) is 1.15. The Morgan fingerprint density at radius 1 is 1.40 bits per heavy atom. The molecule has 2 unspecified atom stereocenters. The molecule has 0 fully saturated rings. The molecule has 0 saturated carbocycles. The second-order valence-corrected chi connectivity index (χ2v) is 2.39. The SMILES string of the molecule is CCOC1C=CC(OC)C1. The maximum Gasteiger partial charge on any atom is 0.0784 e. The van der Waals surface area contributed by atoms with E-state index in [4.69, 9.17) is 9.47 Å². The molecule has 0 spiro atoms. The van der Waals surface area contributed by atoms with Crippen LogP contribution in [0.4, 0.5) is 0 Å². The van der Waals surface area contributed by atoms with E-state index in [0.29, 0.717) is 0 Å². The molecule has 0 bridgehead atoms. The number of methoxy groups -OCH3 is 1. The summed E-state index contributed by atoms with van der Waals surface area (Å²) in [5.74, 6) is 0. The topological polar surface area (TPSA) is 18.5 Å². The zero-order chi connectivity index (χ0) is 7.40. The van der Waals surface area contributed by atoms with Crippen LogP contribution < -0.4 is 0 Å². The monoisotopic (exact) mass is 142 g/mol. The van der Waals surface area contributed by atoms with E-state index in [2.05, 4.69) is 12.2 Å². The van der Waals surface area contributed by atoms with Crippen molar-refractivity contribution in [3.63, 3.8) is 0 Å². The summed E-state index contributed by atoms with van der Waals surface area (Å²) in [7, 11) is 1.73. The summed E-state index contributed by atoms with van der Waals surface area (Å²) in [4.78, 5) is 0. The Bertz CT molecular complexity index is 120. The van der Waals surface area contributed by atoms with Gasteiger partial charge in [-0.25, -0.2) is 0 Å². The van der Waals surface area contributed by atoms with E-state index in [1.54, 1.807) is 7.11 Å². The molecule has 0 radical (unpaired) electrons. The van der Waals surface area contributed by atoms with Crippen molar-refractivity contribution in [2.45, 2.75) is 25.6 Å². The van der Waals surface area contributed by atoms with E-state index < -0.39 is 0 Å². The fourth-order valence-electron chi connectivity index (χ4n) is 1.15. The number of hydrogen-bond donors (Lipinski definition) is 0. The lowest BCUT2D eigenvalue weighted by Gasteiger charge is -2.09. The van der Waals surface area contributed by atoms with Crippen LogP contribution in [0, 0.1) is 0 Å². The minimum Gasteiger partial charge on any atom is -0.377 e. The van der Waals surface area contributed by atoms with Crippen molar-refractivity contribution < 1.29 is 9.47 Å². The molecule has 0 heterocycles. The molecule has 0 saturated heterocycles. The molecule has 0 aromatic carbocycles. The van der Waals surface area contributed by atoms with Crippen LogP contribution in [-0.2, 0) is 9.47 Å². The predicted molar refractivity (Wildman–Crippen MR) is 40.0 cm³/mol. The molecular formula is C8H14O2. The minimum absolute atomic E-state index is 0.275. The third kappa shape index (κ3) is 1.82. The summed E-state index contributed by atoms with van der Waals surface area (Å²) in [6.07, 6.45) is 5.66. The molecule has 10 heavy (non-hydrogen) atoms.